The van der Waals surface area contributed by atoms with Crippen molar-refractivity contribution in [3.8, 4) is 17.5 Å². The number of ether oxygens (including phenoxy) is 2. The van der Waals surface area contributed by atoms with Gasteiger partial charge in [0.1, 0.15) is 23.7 Å². The predicted octanol–water partition coefficient (Wildman–Crippen LogP) is 2.71. The van der Waals surface area contributed by atoms with Gasteiger partial charge in [0.15, 0.2) is 5.69 Å². The summed E-state index contributed by atoms with van der Waals surface area (Å²) in [6.07, 6.45) is 0.332. The van der Waals surface area contributed by atoms with Crippen molar-refractivity contribution in [1.29, 1.82) is 5.26 Å². The second-order valence-electron chi connectivity index (χ2n) is 5.79. The van der Waals surface area contributed by atoms with Crippen LogP contribution in [0.3, 0.4) is 0 Å². The maximum Gasteiger partial charge on any atom is 0.334 e. The Morgan fingerprint density at radius 3 is 2.81 bits per heavy atom. The third-order valence-electron chi connectivity index (χ3n) is 4.21. The van der Waals surface area contributed by atoms with Crippen molar-refractivity contribution in [2.45, 2.75) is 32.4 Å². The highest BCUT2D eigenvalue weighted by Crippen LogP contribution is 2.34. The van der Waals surface area contributed by atoms with E-state index < -0.39 is 23.6 Å². The Morgan fingerprint density at radius 1 is 1.46 bits per heavy atom. The lowest BCUT2D eigenvalue weighted by molar-refractivity contribution is -0.147. The molecule has 1 aromatic heterocycles. The number of nitriles is 1. The Balaban J connectivity index is 2.29. The monoisotopic (exact) mass is 379 g/mol. The Kier molecular flexibility index (Phi) is 4.74. The number of methoxy groups -OCH3 is 1. The van der Waals surface area contributed by atoms with Crippen molar-refractivity contribution < 1.29 is 18.7 Å². The molecule has 1 aliphatic rings. The molecule has 3 rings (SSSR count). The SMILES string of the molecule is COc1cc(-n2c(C#N)c3n(c2=O)CCCC3OC(C)=O)c(F)cc1Cl. The number of esters is 1. The summed E-state index contributed by atoms with van der Waals surface area (Å²) in [7, 11) is 1.36. The van der Waals surface area contributed by atoms with Crippen LogP contribution >= 0.6 is 11.6 Å². The summed E-state index contributed by atoms with van der Waals surface area (Å²) in [5, 5.41) is 9.67. The summed E-state index contributed by atoms with van der Waals surface area (Å²) in [5.74, 6) is -1.13. The predicted molar refractivity (Wildman–Crippen MR) is 90.0 cm³/mol. The minimum Gasteiger partial charge on any atom is -0.495 e. The first-order chi connectivity index (χ1) is 12.4. The van der Waals surface area contributed by atoms with E-state index in [1.54, 1.807) is 0 Å². The van der Waals surface area contributed by atoms with Crippen molar-refractivity contribution in [2.75, 3.05) is 7.11 Å². The summed E-state index contributed by atoms with van der Waals surface area (Å²) in [4.78, 5) is 24.2. The largest absolute Gasteiger partial charge is 0.495 e. The van der Waals surface area contributed by atoms with Crippen LogP contribution in [0.5, 0.6) is 5.75 Å². The molecule has 0 fully saturated rings. The number of fused-ring (bicyclic) bond motifs is 1. The highest BCUT2D eigenvalue weighted by atomic mass is 35.5. The third-order valence-corrected chi connectivity index (χ3v) is 4.50. The van der Waals surface area contributed by atoms with E-state index in [1.165, 1.54) is 24.7 Å². The molecule has 26 heavy (non-hydrogen) atoms. The van der Waals surface area contributed by atoms with Gasteiger partial charge < -0.3 is 9.47 Å². The molecule has 2 aromatic rings. The van der Waals surface area contributed by atoms with Crippen LogP contribution in [-0.2, 0) is 16.1 Å². The number of nitrogens with zero attached hydrogens (tertiary/aromatic N) is 3. The van der Waals surface area contributed by atoms with Crippen molar-refractivity contribution in [1.82, 2.24) is 9.13 Å². The number of hydrogen-bond acceptors (Lipinski definition) is 5. The van der Waals surface area contributed by atoms with E-state index in [4.69, 9.17) is 21.1 Å². The van der Waals surface area contributed by atoms with Gasteiger partial charge in [-0.05, 0) is 18.9 Å². The van der Waals surface area contributed by atoms with Crippen molar-refractivity contribution in [3.63, 3.8) is 0 Å². The van der Waals surface area contributed by atoms with Crippen LogP contribution < -0.4 is 10.4 Å². The topological polar surface area (TPSA) is 86.2 Å². The fourth-order valence-corrected chi connectivity index (χ4v) is 3.40. The minimum absolute atomic E-state index is 0.0436. The van der Waals surface area contributed by atoms with Crippen molar-refractivity contribution >= 4 is 17.6 Å². The Bertz CT molecular complexity index is 989. The second-order valence-corrected chi connectivity index (χ2v) is 6.20. The zero-order valence-corrected chi connectivity index (χ0v) is 14.8. The standard InChI is InChI=1S/C17H15ClFN3O4/c1-9(23)26-14-4-3-5-21-16(14)13(8-20)22(17(21)24)12-7-15(25-2)10(18)6-11(12)19/h6-7,14H,3-5H2,1-2H3. The first kappa shape index (κ1) is 18.0. The van der Waals surface area contributed by atoms with E-state index in [0.29, 0.717) is 19.4 Å². The van der Waals surface area contributed by atoms with Gasteiger partial charge in [-0.15, -0.1) is 0 Å². The van der Waals surface area contributed by atoms with E-state index in [1.807, 2.05) is 6.07 Å². The molecule has 1 aliphatic heterocycles. The van der Waals surface area contributed by atoms with Crippen LogP contribution in [-0.4, -0.2) is 22.2 Å². The molecule has 7 nitrogen and oxygen atoms in total. The van der Waals surface area contributed by atoms with Gasteiger partial charge in [0.25, 0.3) is 0 Å². The summed E-state index contributed by atoms with van der Waals surface area (Å²) in [6.45, 7) is 1.60. The summed E-state index contributed by atoms with van der Waals surface area (Å²) in [5.41, 5.74) is -0.551. The van der Waals surface area contributed by atoms with Gasteiger partial charge in [-0.3, -0.25) is 9.36 Å². The zero-order chi connectivity index (χ0) is 19.0. The fraction of sp³-hybridized carbons (Fsp3) is 0.353. The normalized spacial score (nSPS) is 15.9. The summed E-state index contributed by atoms with van der Waals surface area (Å²) >= 11 is 5.90. The third kappa shape index (κ3) is 2.84. The molecule has 0 bridgehead atoms. The van der Waals surface area contributed by atoms with E-state index in [2.05, 4.69) is 0 Å². The lowest BCUT2D eigenvalue weighted by Gasteiger charge is -2.23. The van der Waals surface area contributed by atoms with Crippen LogP contribution in [0.2, 0.25) is 5.02 Å². The van der Waals surface area contributed by atoms with Gasteiger partial charge in [-0.1, -0.05) is 11.6 Å². The van der Waals surface area contributed by atoms with Crippen LogP contribution in [0.15, 0.2) is 16.9 Å². The maximum absolute atomic E-state index is 14.5. The molecule has 0 saturated heterocycles. The number of carbonyl (C=O) groups excluding carboxylic acids is 1. The second kappa shape index (κ2) is 6.84. The van der Waals surface area contributed by atoms with Gasteiger partial charge >= 0.3 is 11.7 Å². The minimum atomic E-state index is -0.776. The molecule has 136 valence electrons. The molecule has 0 aliphatic carbocycles. The van der Waals surface area contributed by atoms with E-state index in [-0.39, 0.29) is 27.8 Å². The van der Waals surface area contributed by atoms with Crippen LogP contribution in [0, 0.1) is 17.1 Å². The molecular weight excluding hydrogens is 365 g/mol. The van der Waals surface area contributed by atoms with Gasteiger partial charge in [0, 0.05) is 19.5 Å². The highest BCUT2D eigenvalue weighted by Gasteiger charge is 2.33. The molecule has 0 N–H and O–H groups in total. The van der Waals surface area contributed by atoms with E-state index >= 15 is 0 Å². The number of halogens is 2. The number of rotatable bonds is 3. The van der Waals surface area contributed by atoms with Crippen molar-refractivity contribution in [2.24, 2.45) is 0 Å². The Labute approximate surface area is 153 Å². The van der Waals surface area contributed by atoms with Gasteiger partial charge in [-0.2, -0.15) is 5.26 Å². The molecule has 0 amide bonds. The van der Waals surface area contributed by atoms with Crippen LogP contribution in [0.25, 0.3) is 5.69 Å². The molecule has 1 unspecified atom stereocenters. The fourth-order valence-electron chi connectivity index (χ4n) is 3.17. The lowest BCUT2D eigenvalue weighted by Crippen LogP contribution is -2.28. The van der Waals surface area contributed by atoms with Gasteiger partial charge in [-0.25, -0.2) is 13.8 Å². The highest BCUT2D eigenvalue weighted by molar-refractivity contribution is 6.32. The Hall–Kier alpha value is -2.79. The first-order valence-corrected chi connectivity index (χ1v) is 8.23. The van der Waals surface area contributed by atoms with E-state index in [0.717, 1.165) is 10.6 Å². The number of carbonyl (C=O) groups is 1. The Morgan fingerprint density at radius 2 is 2.19 bits per heavy atom. The molecule has 0 spiro atoms. The van der Waals surface area contributed by atoms with Crippen LogP contribution in [0.1, 0.15) is 37.3 Å². The lowest BCUT2D eigenvalue weighted by atomic mass is 10.0. The molecule has 9 heteroatoms. The number of benzene rings is 1. The zero-order valence-electron chi connectivity index (χ0n) is 14.1. The molecular formula is C17H15ClFN3O4. The van der Waals surface area contributed by atoms with E-state index in [9.17, 15) is 19.2 Å². The average Bonchev–Trinajstić information content (AvgIpc) is 2.88. The van der Waals surface area contributed by atoms with Gasteiger partial charge in [0.2, 0.25) is 0 Å². The first-order valence-electron chi connectivity index (χ1n) is 7.85. The summed E-state index contributed by atoms with van der Waals surface area (Å²) in [6, 6.07) is 4.21. The van der Waals surface area contributed by atoms with Crippen molar-refractivity contribution in [3.05, 3.63) is 44.8 Å². The average molecular weight is 380 g/mol. The molecule has 0 saturated carbocycles. The number of hydrogen-bond donors (Lipinski definition) is 0. The quantitative estimate of drug-likeness (QED) is 0.765. The molecule has 1 atom stereocenters. The molecule has 1 aromatic carbocycles. The van der Waals surface area contributed by atoms with Gasteiger partial charge in [0.05, 0.1) is 23.5 Å². The smallest absolute Gasteiger partial charge is 0.334 e. The maximum atomic E-state index is 14.5. The number of aromatic nitrogens is 2. The summed E-state index contributed by atoms with van der Waals surface area (Å²) < 4.78 is 27.2. The molecule has 2 heterocycles. The molecule has 0 radical (unpaired) electrons. The van der Waals surface area contributed by atoms with Crippen LogP contribution in [0.4, 0.5) is 4.39 Å². The number of imidazole rings is 1.